The van der Waals surface area contributed by atoms with Crippen molar-refractivity contribution in [2.24, 2.45) is 0 Å². The van der Waals surface area contributed by atoms with E-state index in [9.17, 15) is 4.79 Å². The molecule has 106 valence electrons. The van der Waals surface area contributed by atoms with Crippen LogP contribution in [0.5, 0.6) is 5.75 Å². The van der Waals surface area contributed by atoms with Crippen LogP contribution in [-0.4, -0.2) is 13.1 Å². The van der Waals surface area contributed by atoms with Crippen molar-refractivity contribution >= 4 is 40.4 Å². The van der Waals surface area contributed by atoms with E-state index >= 15 is 0 Å². The van der Waals surface area contributed by atoms with Gasteiger partial charge in [0, 0.05) is 5.56 Å². The van der Waals surface area contributed by atoms with Crippen LogP contribution < -0.4 is 4.74 Å². The molecule has 0 bridgehead atoms. The van der Waals surface area contributed by atoms with Gasteiger partial charge in [-0.25, -0.2) is 4.79 Å². The van der Waals surface area contributed by atoms with E-state index in [4.69, 9.17) is 13.9 Å². The monoisotopic (exact) mass is 394 g/mol. The number of hydrogen-bond donors (Lipinski definition) is 0. The normalized spacial score (nSPS) is 16.0. The summed E-state index contributed by atoms with van der Waals surface area (Å²) in [6.07, 6.45) is 3.38. The number of halogens is 1. The zero-order valence-corrected chi connectivity index (χ0v) is 13.3. The van der Waals surface area contributed by atoms with E-state index in [1.165, 1.54) is 0 Å². The molecule has 2 aromatic rings. The van der Waals surface area contributed by atoms with Crippen molar-refractivity contribution in [3.05, 3.63) is 63.1 Å². The molecule has 0 atom stereocenters. The van der Waals surface area contributed by atoms with Crippen LogP contribution in [-0.2, 0) is 9.53 Å². The number of carbonyl (C=O) groups is 1. The number of rotatable bonds is 3. The number of cyclic esters (lactones) is 1. The van der Waals surface area contributed by atoms with Crippen LogP contribution in [0.3, 0.4) is 0 Å². The fraction of sp³-hybridized carbons (Fsp3) is 0.0625. The number of esters is 1. The highest BCUT2D eigenvalue weighted by molar-refractivity contribution is 14.1. The molecule has 1 aliphatic heterocycles. The maximum atomic E-state index is 11.9. The molecule has 0 N–H and O–H groups in total. The molecule has 0 saturated carbocycles. The van der Waals surface area contributed by atoms with Crippen molar-refractivity contribution in [3.63, 3.8) is 0 Å². The van der Waals surface area contributed by atoms with Crippen molar-refractivity contribution in [1.82, 2.24) is 0 Å². The Balaban J connectivity index is 1.89. The van der Waals surface area contributed by atoms with Gasteiger partial charge in [0.2, 0.25) is 0 Å². The summed E-state index contributed by atoms with van der Waals surface area (Å²) in [6.45, 7) is 0. The molecule has 4 nitrogen and oxygen atoms in total. The second kappa shape index (κ2) is 5.77. The highest BCUT2D eigenvalue weighted by Gasteiger charge is 2.22. The topological polar surface area (TPSA) is 48.7 Å². The van der Waals surface area contributed by atoms with Crippen molar-refractivity contribution in [3.8, 4) is 5.75 Å². The molecule has 0 aliphatic carbocycles. The summed E-state index contributed by atoms with van der Waals surface area (Å²) in [4.78, 5) is 11.9. The number of benzene rings is 1. The zero-order chi connectivity index (χ0) is 14.8. The number of hydrogen-bond acceptors (Lipinski definition) is 4. The quantitative estimate of drug-likeness (QED) is 0.451. The molecule has 0 saturated heterocycles. The SMILES string of the molecule is COc1ccc(C2=C/C(=C/c3ccc(I)o3)C(=O)O2)cc1. The smallest absolute Gasteiger partial charge is 0.343 e. The highest BCUT2D eigenvalue weighted by Crippen LogP contribution is 2.28. The van der Waals surface area contributed by atoms with Gasteiger partial charge in [-0.1, -0.05) is 0 Å². The lowest BCUT2D eigenvalue weighted by Crippen LogP contribution is -1.97. The standard InChI is InChI=1S/C16H11IO4/c1-19-12-4-2-10(3-5-12)14-9-11(16(18)21-14)8-13-6-7-15(17)20-13/h2-9H,1H3/b11-8-. The van der Waals surface area contributed by atoms with Crippen molar-refractivity contribution in [1.29, 1.82) is 0 Å². The van der Waals surface area contributed by atoms with Crippen molar-refractivity contribution in [2.45, 2.75) is 0 Å². The summed E-state index contributed by atoms with van der Waals surface area (Å²) in [7, 11) is 1.61. The van der Waals surface area contributed by atoms with E-state index in [1.54, 1.807) is 25.3 Å². The Hall–Kier alpha value is -2.02. The van der Waals surface area contributed by atoms with Gasteiger partial charge in [0.25, 0.3) is 0 Å². The van der Waals surface area contributed by atoms with Gasteiger partial charge in [-0.15, -0.1) is 0 Å². The molecule has 1 aromatic heterocycles. The molecule has 0 radical (unpaired) electrons. The minimum Gasteiger partial charge on any atom is -0.497 e. The Bertz CT molecular complexity index is 738. The van der Waals surface area contributed by atoms with Crippen LogP contribution in [0.25, 0.3) is 11.8 Å². The lowest BCUT2D eigenvalue weighted by Gasteiger charge is -2.03. The van der Waals surface area contributed by atoms with Gasteiger partial charge >= 0.3 is 5.97 Å². The average molecular weight is 394 g/mol. The van der Waals surface area contributed by atoms with Gasteiger partial charge in [0.15, 0.2) is 3.77 Å². The third-order valence-electron chi connectivity index (χ3n) is 2.99. The van der Waals surface area contributed by atoms with E-state index < -0.39 is 0 Å². The Morgan fingerprint density at radius 1 is 1.14 bits per heavy atom. The predicted molar refractivity (Wildman–Crippen MR) is 86.5 cm³/mol. The Kier molecular flexibility index (Phi) is 3.83. The molecule has 3 rings (SSSR count). The number of ether oxygens (including phenoxy) is 2. The number of methoxy groups -OCH3 is 1. The lowest BCUT2D eigenvalue weighted by molar-refractivity contribution is -0.130. The predicted octanol–water partition coefficient (Wildman–Crippen LogP) is 3.87. The maximum absolute atomic E-state index is 11.9. The summed E-state index contributed by atoms with van der Waals surface area (Å²) >= 11 is 2.07. The van der Waals surface area contributed by atoms with Crippen LogP contribution in [0.2, 0.25) is 0 Å². The van der Waals surface area contributed by atoms with E-state index in [1.807, 2.05) is 30.3 Å². The van der Waals surface area contributed by atoms with E-state index in [2.05, 4.69) is 22.6 Å². The third kappa shape index (κ3) is 3.02. The first-order valence-electron chi connectivity index (χ1n) is 6.21. The molecule has 0 unspecified atom stereocenters. The van der Waals surface area contributed by atoms with Crippen LogP contribution in [0.1, 0.15) is 11.3 Å². The Labute approximate surface area is 135 Å². The molecule has 0 amide bonds. The second-order valence-corrected chi connectivity index (χ2v) is 5.43. The molecule has 2 heterocycles. The third-order valence-corrected chi connectivity index (χ3v) is 3.57. The maximum Gasteiger partial charge on any atom is 0.343 e. The van der Waals surface area contributed by atoms with Gasteiger partial charge in [0.1, 0.15) is 17.3 Å². The van der Waals surface area contributed by atoms with Gasteiger partial charge in [-0.3, -0.25) is 0 Å². The van der Waals surface area contributed by atoms with Gasteiger partial charge in [0.05, 0.1) is 12.7 Å². The number of furan rings is 1. The van der Waals surface area contributed by atoms with Crippen LogP contribution in [0, 0.1) is 3.77 Å². The molecule has 1 aromatic carbocycles. The highest BCUT2D eigenvalue weighted by atomic mass is 127. The minimum absolute atomic E-state index is 0.382. The number of carbonyl (C=O) groups excluding carboxylic acids is 1. The molecule has 0 fully saturated rings. The largest absolute Gasteiger partial charge is 0.497 e. The Morgan fingerprint density at radius 2 is 1.90 bits per heavy atom. The van der Waals surface area contributed by atoms with Gasteiger partial charge < -0.3 is 13.9 Å². The zero-order valence-electron chi connectivity index (χ0n) is 11.1. The fourth-order valence-electron chi connectivity index (χ4n) is 1.95. The first-order chi connectivity index (χ1) is 10.2. The van der Waals surface area contributed by atoms with Crippen LogP contribution in [0.15, 0.2) is 52.5 Å². The minimum atomic E-state index is -0.382. The first kappa shape index (κ1) is 13.9. The molecular weight excluding hydrogens is 383 g/mol. The van der Waals surface area contributed by atoms with Crippen LogP contribution in [0.4, 0.5) is 0 Å². The lowest BCUT2D eigenvalue weighted by atomic mass is 10.1. The van der Waals surface area contributed by atoms with E-state index in [0.29, 0.717) is 17.1 Å². The summed E-state index contributed by atoms with van der Waals surface area (Å²) in [5, 5.41) is 0. The summed E-state index contributed by atoms with van der Waals surface area (Å²) in [5.74, 6) is 1.52. The van der Waals surface area contributed by atoms with Crippen molar-refractivity contribution < 1.29 is 18.7 Å². The van der Waals surface area contributed by atoms with Gasteiger partial charge in [-0.2, -0.15) is 0 Å². The van der Waals surface area contributed by atoms with Crippen LogP contribution >= 0.6 is 22.6 Å². The molecule has 5 heteroatoms. The second-order valence-electron chi connectivity index (χ2n) is 4.37. The molecule has 0 spiro atoms. The average Bonchev–Trinajstić information content (AvgIpc) is 3.06. The van der Waals surface area contributed by atoms with E-state index in [0.717, 1.165) is 15.1 Å². The molecule has 21 heavy (non-hydrogen) atoms. The van der Waals surface area contributed by atoms with Gasteiger partial charge in [-0.05, 0) is 71.1 Å². The summed E-state index contributed by atoms with van der Waals surface area (Å²) in [6, 6.07) is 11.0. The molecule has 1 aliphatic rings. The first-order valence-corrected chi connectivity index (χ1v) is 7.29. The summed E-state index contributed by atoms with van der Waals surface area (Å²) < 4.78 is 16.6. The van der Waals surface area contributed by atoms with Crippen molar-refractivity contribution in [2.75, 3.05) is 7.11 Å². The summed E-state index contributed by atoms with van der Waals surface area (Å²) in [5.41, 5.74) is 1.29. The van der Waals surface area contributed by atoms with E-state index in [-0.39, 0.29) is 5.97 Å². The fourth-order valence-corrected chi connectivity index (χ4v) is 2.38. The molecular formula is C16H11IO4. The Morgan fingerprint density at radius 3 is 2.52 bits per heavy atom.